The summed E-state index contributed by atoms with van der Waals surface area (Å²) >= 11 is 1.32. The lowest BCUT2D eigenvalue weighted by Crippen LogP contribution is -2.24. The van der Waals surface area contributed by atoms with Crippen LogP contribution in [0.15, 0.2) is 59.8 Å². The summed E-state index contributed by atoms with van der Waals surface area (Å²) in [4.78, 5) is 16.4. The van der Waals surface area contributed by atoms with Crippen LogP contribution >= 0.6 is 11.8 Å². The predicted molar refractivity (Wildman–Crippen MR) is 101 cm³/mol. The Morgan fingerprint density at radius 1 is 1.12 bits per heavy atom. The highest BCUT2D eigenvalue weighted by atomic mass is 32.2. The minimum Gasteiger partial charge on any atom is -0.497 e. The number of benzene rings is 2. The molecule has 0 saturated heterocycles. The van der Waals surface area contributed by atoms with Gasteiger partial charge in [0.15, 0.2) is 0 Å². The number of nitrogens with one attached hydrogen (secondary N) is 2. The van der Waals surface area contributed by atoms with E-state index < -0.39 is 0 Å². The first-order valence-electron chi connectivity index (χ1n) is 8.20. The topological polar surface area (TPSA) is 79.9 Å². The molecule has 1 aromatic heterocycles. The normalized spacial score (nSPS) is 10.5. The molecule has 2 N–H and O–H groups in total. The summed E-state index contributed by atoms with van der Waals surface area (Å²) in [5, 5.41) is 10.5. The summed E-state index contributed by atoms with van der Waals surface area (Å²) in [6.45, 7) is 0.525. The van der Waals surface area contributed by atoms with Gasteiger partial charge in [-0.3, -0.25) is 9.89 Å². The summed E-state index contributed by atoms with van der Waals surface area (Å²) in [7, 11) is 1.64. The molecular formula is C19H20N4O2S. The number of hydrogen-bond acceptors (Lipinski definition) is 5. The molecule has 0 fully saturated rings. The highest BCUT2D eigenvalue weighted by Crippen LogP contribution is 2.16. The van der Waals surface area contributed by atoms with Gasteiger partial charge in [0, 0.05) is 13.0 Å². The van der Waals surface area contributed by atoms with E-state index in [0.29, 0.717) is 18.1 Å². The van der Waals surface area contributed by atoms with Gasteiger partial charge in [0.1, 0.15) is 11.6 Å². The Hall–Kier alpha value is -2.80. The molecule has 1 amide bonds. The van der Waals surface area contributed by atoms with E-state index in [0.717, 1.165) is 22.7 Å². The fourth-order valence-electron chi connectivity index (χ4n) is 2.34. The minimum absolute atomic E-state index is 0.0413. The van der Waals surface area contributed by atoms with Crippen LogP contribution in [-0.4, -0.2) is 34.0 Å². The molecule has 7 heteroatoms. The van der Waals surface area contributed by atoms with Gasteiger partial charge in [-0.05, 0) is 23.3 Å². The SMILES string of the molecule is COc1ccc(Cc2nc(SCC(=O)NCc3ccccc3)n[nH]2)cc1. The van der Waals surface area contributed by atoms with Crippen molar-refractivity contribution in [2.45, 2.75) is 18.1 Å². The van der Waals surface area contributed by atoms with Crippen molar-refractivity contribution in [3.63, 3.8) is 0 Å². The fraction of sp³-hybridized carbons (Fsp3) is 0.211. The van der Waals surface area contributed by atoms with Crippen LogP contribution in [0.2, 0.25) is 0 Å². The molecule has 26 heavy (non-hydrogen) atoms. The highest BCUT2D eigenvalue weighted by molar-refractivity contribution is 7.99. The summed E-state index contributed by atoms with van der Waals surface area (Å²) < 4.78 is 5.15. The Labute approximate surface area is 156 Å². The molecule has 3 rings (SSSR count). The van der Waals surface area contributed by atoms with Crippen LogP contribution in [0.3, 0.4) is 0 Å². The van der Waals surface area contributed by atoms with E-state index in [2.05, 4.69) is 20.5 Å². The number of carbonyl (C=O) groups is 1. The van der Waals surface area contributed by atoms with E-state index in [9.17, 15) is 4.79 Å². The van der Waals surface area contributed by atoms with E-state index in [1.165, 1.54) is 11.8 Å². The molecule has 2 aromatic carbocycles. The molecular weight excluding hydrogens is 348 g/mol. The lowest BCUT2D eigenvalue weighted by atomic mass is 10.1. The predicted octanol–water partition coefficient (Wildman–Crippen LogP) is 2.81. The van der Waals surface area contributed by atoms with Gasteiger partial charge in [0.2, 0.25) is 11.1 Å². The second kappa shape index (κ2) is 9.05. The number of methoxy groups -OCH3 is 1. The lowest BCUT2D eigenvalue weighted by Gasteiger charge is -2.03. The maximum atomic E-state index is 11.9. The maximum Gasteiger partial charge on any atom is 0.230 e. The van der Waals surface area contributed by atoms with Crippen molar-refractivity contribution in [1.29, 1.82) is 0 Å². The Morgan fingerprint density at radius 2 is 1.88 bits per heavy atom. The first kappa shape index (κ1) is 18.0. The quantitative estimate of drug-likeness (QED) is 0.598. The molecule has 0 bridgehead atoms. The van der Waals surface area contributed by atoms with Crippen molar-refractivity contribution >= 4 is 17.7 Å². The fourth-order valence-corrected chi connectivity index (χ4v) is 2.98. The molecule has 0 aliphatic rings. The summed E-state index contributed by atoms with van der Waals surface area (Å²) in [6, 6.07) is 17.6. The van der Waals surface area contributed by atoms with Gasteiger partial charge in [-0.25, -0.2) is 4.98 Å². The Morgan fingerprint density at radius 3 is 2.62 bits per heavy atom. The number of carbonyl (C=O) groups excluding carboxylic acids is 1. The van der Waals surface area contributed by atoms with Gasteiger partial charge >= 0.3 is 0 Å². The van der Waals surface area contributed by atoms with Crippen LogP contribution in [0.25, 0.3) is 0 Å². The second-order valence-corrected chi connectivity index (χ2v) is 6.58. The van der Waals surface area contributed by atoms with Gasteiger partial charge < -0.3 is 10.1 Å². The number of thioether (sulfide) groups is 1. The van der Waals surface area contributed by atoms with Gasteiger partial charge in [-0.2, -0.15) is 0 Å². The summed E-state index contributed by atoms with van der Waals surface area (Å²) in [6.07, 6.45) is 0.651. The van der Waals surface area contributed by atoms with E-state index >= 15 is 0 Å². The molecule has 3 aromatic rings. The highest BCUT2D eigenvalue weighted by Gasteiger charge is 2.08. The molecule has 6 nitrogen and oxygen atoms in total. The average molecular weight is 368 g/mol. The molecule has 0 radical (unpaired) electrons. The average Bonchev–Trinajstić information content (AvgIpc) is 3.13. The zero-order valence-electron chi connectivity index (χ0n) is 14.4. The summed E-state index contributed by atoms with van der Waals surface area (Å²) in [5.74, 6) is 1.83. The van der Waals surface area contributed by atoms with Crippen LogP contribution in [0.1, 0.15) is 17.0 Å². The van der Waals surface area contributed by atoms with Crippen molar-refractivity contribution in [1.82, 2.24) is 20.5 Å². The van der Waals surface area contributed by atoms with Crippen molar-refractivity contribution in [2.24, 2.45) is 0 Å². The standard InChI is InChI=1S/C19H20N4O2S/c1-25-16-9-7-14(8-10-16)11-17-21-19(23-22-17)26-13-18(24)20-12-15-5-3-2-4-6-15/h2-10H,11-13H2,1H3,(H,20,24)(H,21,22,23). The van der Waals surface area contributed by atoms with Gasteiger partial charge in [0.05, 0.1) is 12.9 Å². The molecule has 1 heterocycles. The van der Waals surface area contributed by atoms with E-state index in [-0.39, 0.29) is 11.7 Å². The van der Waals surface area contributed by atoms with Crippen LogP contribution in [0, 0.1) is 0 Å². The molecule has 0 aliphatic heterocycles. The maximum absolute atomic E-state index is 11.9. The first-order chi connectivity index (χ1) is 12.7. The number of aromatic amines is 1. The molecule has 134 valence electrons. The van der Waals surface area contributed by atoms with Crippen molar-refractivity contribution < 1.29 is 9.53 Å². The van der Waals surface area contributed by atoms with Crippen molar-refractivity contribution in [2.75, 3.05) is 12.9 Å². The van der Waals surface area contributed by atoms with E-state index in [4.69, 9.17) is 4.74 Å². The number of nitrogens with zero attached hydrogens (tertiary/aromatic N) is 2. The number of amides is 1. The zero-order chi connectivity index (χ0) is 18.2. The Bertz CT molecular complexity index is 834. The van der Waals surface area contributed by atoms with Crippen molar-refractivity contribution in [3.8, 4) is 5.75 Å². The number of rotatable bonds is 8. The van der Waals surface area contributed by atoms with Crippen LogP contribution in [0.4, 0.5) is 0 Å². The van der Waals surface area contributed by atoms with E-state index in [1.54, 1.807) is 7.11 Å². The number of ether oxygens (including phenoxy) is 1. The lowest BCUT2D eigenvalue weighted by molar-refractivity contribution is -0.118. The van der Waals surface area contributed by atoms with Crippen LogP contribution in [0.5, 0.6) is 5.75 Å². The monoisotopic (exact) mass is 368 g/mol. The first-order valence-corrected chi connectivity index (χ1v) is 9.19. The van der Waals surface area contributed by atoms with Gasteiger partial charge in [-0.1, -0.05) is 54.2 Å². The third-order valence-electron chi connectivity index (χ3n) is 3.71. The van der Waals surface area contributed by atoms with Crippen LogP contribution in [-0.2, 0) is 17.8 Å². The zero-order valence-corrected chi connectivity index (χ0v) is 15.3. The molecule has 0 spiro atoms. The van der Waals surface area contributed by atoms with E-state index in [1.807, 2.05) is 54.6 Å². The minimum atomic E-state index is -0.0413. The number of hydrogen-bond donors (Lipinski definition) is 2. The van der Waals surface area contributed by atoms with Gasteiger partial charge in [-0.15, -0.1) is 5.10 Å². The Kier molecular flexibility index (Phi) is 6.27. The third kappa shape index (κ3) is 5.35. The second-order valence-electron chi connectivity index (χ2n) is 5.64. The van der Waals surface area contributed by atoms with Gasteiger partial charge in [0.25, 0.3) is 0 Å². The number of H-pyrrole nitrogens is 1. The Balaban J connectivity index is 1.45. The molecule has 0 unspecified atom stereocenters. The third-order valence-corrected chi connectivity index (χ3v) is 4.55. The smallest absolute Gasteiger partial charge is 0.230 e. The molecule has 0 atom stereocenters. The van der Waals surface area contributed by atoms with Crippen molar-refractivity contribution in [3.05, 3.63) is 71.5 Å². The summed E-state index contributed by atoms with van der Waals surface area (Å²) in [5.41, 5.74) is 2.18. The molecule has 0 aliphatic carbocycles. The number of aromatic nitrogens is 3. The van der Waals surface area contributed by atoms with Crippen LogP contribution < -0.4 is 10.1 Å². The largest absolute Gasteiger partial charge is 0.497 e. The molecule has 0 saturated carbocycles.